The number of nitrogens with zero attached hydrogens (tertiary/aromatic N) is 1. The monoisotopic (exact) mass is 551 g/mol. The van der Waals surface area contributed by atoms with Crippen LogP contribution in [0.2, 0.25) is 0 Å². The predicted molar refractivity (Wildman–Crippen MR) is 179 cm³/mol. The van der Waals surface area contributed by atoms with Crippen LogP contribution in [0.4, 0.5) is 17.1 Å². The van der Waals surface area contributed by atoms with Crippen LogP contribution in [0.3, 0.4) is 0 Å². The molecule has 3 heteroatoms. The van der Waals surface area contributed by atoms with E-state index in [0.717, 1.165) is 71.7 Å². The minimum atomic E-state index is 0.837. The first kappa shape index (κ1) is 23.9. The summed E-state index contributed by atoms with van der Waals surface area (Å²) in [6, 6.07) is 53.0. The second-order valence-electron chi connectivity index (χ2n) is 10.9. The van der Waals surface area contributed by atoms with Crippen molar-refractivity contribution in [3.05, 3.63) is 152 Å². The Morgan fingerprint density at radius 1 is 0.349 bits per heavy atom. The molecule has 0 spiro atoms. The molecule has 0 unspecified atom stereocenters. The summed E-state index contributed by atoms with van der Waals surface area (Å²) in [5, 5.41) is 6.51. The predicted octanol–water partition coefficient (Wildman–Crippen LogP) is 11.8. The topological polar surface area (TPSA) is 29.5 Å². The van der Waals surface area contributed by atoms with E-state index in [1.807, 2.05) is 18.2 Å². The third-order valence-corrected chi connectivity index (χ3v) is 8.44. The highest BCUT2D eigenvalue weighted by molar-refractivity contribution is 6.33. The summed E-state index contributed by atoms with van der Waals surface area (Å²) < 4.78 is 13.2. The van der Waals surface area contributed by atoms with Crippen molar-refractivity contribution in [3.8, 4) is 11.1 Å². The number of hydrogen-bond donors (Lipinski definition) is 0. The normalized spacial score (nSPS) is 11.7. The Labute approximate surface area is 247 Å². The smallest absolute Gasteiger partial charge is 0.147 e. The van der Waals surface area contributed by atoms with E-state index in [0.29, 0.717) is 0 Å². The zero-order valence-electron chi connectivity index (χ0n) is 23.2. The third-order valence-electron chi connectivity index (χ3n) is 8.44. The van der Waals surface area contributed by atoms with Crippen LogP contribution in [-0.4, -0.2) is 0 Å². The van der Waals surface area contributed by atoms with Crippen molar-refractivity contribution in [2.24, 2.45) is 0 Å². The molecule has 9 aromatic rings. The maximum absolute atomic E-state index is 6.60. The van der Waals surface area contributed by atoms with Gasteiger partial charge in [0.15, 0.2) is 0 Å². The Hall–Kier alpha value is -5.80. The maximum atomic E-state index is 6.60. The summed E-state index contributed by atoms with van der Waals surface area (Å²) in [5.41, 5.74) is 9.04. The van der Waals surface area contributed by atoms with Gasteiger partial charge in [-0.1, -0.05) is 103 Å². The van der Waals surface area contributed by atoms with E-state index in [-0.39, 0.29) is 0 Å². The fraction of sp³-hybridized carbons (Fsp3) is 0. The molecule has 0 aliphatic heterocycles. The lowest BCUT2D eigenvalue weighted by molar-refractivity contribution is 0.665. The summed E-state index contributed by atoms with van der Waals surface area (Å²) in [6.07, 6.45) is 0. The fourth-order valence-electron chi connectivity index (χ4n) is 6.49. The largest absolute Gasteiger partial charge is 0.455 e. The van der Waals surface area contributed by atoms with Gasteiger partial charge in [-0.3, -0.25) is 0 Å². The molecule has 0 aliphatic carbocycles. The van der Waals surface area contributed by atoms with Crippen molar-refractivity contribution in [3.63, 3.8) is 0 Å². The second-order valence-corrected chi connectivity index (χ2v) is 10.9. The van der Waals surface area contributed by atoms with E-state index in [1.165, 1.54) is 11.1 Å². The molecular formula is C40H25NO2. The lowest BCUT2D eigenvalue weighted by Crippen LogP contribution is -2.09. The van der Waals surface area contributed by atoms with E-state index < -0.39 is 0 Å². The SMILES string of the molecule is c1ccc(-c2ccc(N(c3ccccc3)c3ccc4oc5c6ccccc6c6c7ccccc7oc6c5c4c3)cc2)cc1. The van der Waals surface area contributed by atoms with E-state index in [1.54, 1.807) is 0 Å². The molecule has 0 atom stereocenters. The molecule has 0 saturated heterocycles. The first-order chi connectivity index (χ1) is 21.3. The number of para-hydroxylation sites is 2. The zero-order chi connectivity index (χ0) is 28.3. The summed E-state index contributed by atoms with van der Waals surface area (Å²) in [7, 11) is 0. The van der Waals surface area contributed by atoms with Crippen molar-refractivity contribution < 1.29 is 8.83 Å². The first-order valence-corrected chi connectivity index (χ1v) is 14.5. The molecule has 0 N–H and O–H groups in total. The average molecular weight is 552 g/mol. The molecule has 0 radical (unpaired) electrons. The minimum Gasteiger partial charge on any atom is -0.455 e. The second kappa shape index (κ2) is 9.37. The molecule has 0 aliphatic rings. The molecule has 0 bridgehead atoms. The number of hydrogen-bond acceptors (Lipinski definition) is 3. The zero-order valence-corrected chi connectivity index (χ0v) is 23.2. The van der Waals surface area contributed by atoms with E-state index in [4.69, 9.17) is 8.83 Å². The van der Waals surface area contributed by atoms with Crippen molar-refractivity contribution in [2.75, 3.05) is 4.90 Å². The first-order valence-electron chi connectivity index (χ1n) is 14.5. The van der Waals surface area contributed by atoms with Gasteiger partial charge in [0.25, 0.3) is 0 Å². The van der Waals surface area contributed by atoms with Gasteiger partial charge in [-0.15, -0.1) is 0 Å². The van der Waals surface area contributed by atoms with Crippen LogP contribution in [0, 0.1) is 0 Å². The van der Waals surface area contributed by atoms with Crippen LogP contribution >= 0.6 is 0 Å². The highest BCUT2D eigenvalue weighted by Gasteiger charge is 2.22. The van der Waals surface area contributed by atoms with Crippen LogP contribution in [0.1, 0.15) is 0 Å². The number of furan rings is 2. The molecule has 2 aromatic heterocycles. The minimum absolute atomic E-state index is 0.837. The lowest BCUT2D eigenvalue weighted by atomic mass is 9.99. The van der Waals surface area contributed by atoms with Gasteiger partial charge in [0.2, 0.25) is 0 Å². The highest BCUT2D eigenvalue weighted by Crippen LogP contribution is 2.46. The van der Waals surface area contributed by atoms with Crippen LogP contribution in [0.25, 0.3) is 65.8 Å². The number of fused-ring (bicyclic) bond motifs is 10. The van der Waals surface area contributed by atoms with Gasteiger partial charge in [0, 0.05) is 38.6 Å². The fourth-order valence-corrected chi connectivity index (χ4v) is 6.49. The molecule has 7 aromatic carbocycles. The Bertz CT molecular complexity index is 2440. The van der Waals surface area contributed by atoms with Crippen molar-refractivity contribution in [2.45, 2.75) is 0 Å². The molecule has 202 valence electrons. The van der Waals surface area contributed by atoms with Crippen LogP contribution in [0.5, 0.6) is 0 Å². The van der Waals surface area contributed by atoms with Crippen molar-refractivity contribution in [1.29, 1.82) is 0 Å². The Kier molecular flexibility index (Phi) is 5.20. The summed E-state index contributed by atoms with van der Waals surface area (Å²) in [4.78, 5) is 2.30. The third kappa shape index (κ3) is 3.68. The Morgan fingerprint density at radius 2 is 0.907 bits per heavy atom. The van der Waals surface area contributed by atoms with Gasteiger partial charge in [0.05, 0.1) is 5.39 Å². The molecule has 3 nitrogen and oxygen atoms in total. The van der Waals surface area contributed by atoms with Gasteiger partial charge in [-0.25, -0.2) is 0 Å². The number of anilines is 3. The van der Waals surface area contributed by atoms with Crippen molar-refractivity contribution >= 4 is 71.7 Å². The van der Waals surface area contributed by atoms with Gasteiger partial charge in [-0.2, -0.15) is 0 Å². The highest BCUT2D eigenvalue weighted by atomic mass is 16.3. The van der Waals surface area contributed by atoms with Crippen molar-refractivity contribution in [1.82, 2.24) is 0 Å². The molecule has 43 heavy (non-hydrogen) atoms. The summed E-state index contributed by atoms with van der Waals surface area (Å²) in [6.45, 7) is 0. The van der Waals surface area contributed by atoms with Gasteiger partial charge in [-0.05, 0) is 65.0 Å². The molecule has 0 amide bonds. The lowest BCUT2D eigenvalue weighted by Gasteiger charge is -2.25. The standard InChI is InChI=1S/C40H25NO2/c1-3-11-26(12-4-1)27-19-21-29(22-20-27)41(28-13-5-2-6-14-28)30-23-24-36-34(25-30)38-39(42-36)32-16-8-7-15-31(32)37-33-17-9-10-18-35(33)43-40(37)38/h1-25H. The van der Waals surface area contributed by atoms with E-state index in [2.05, 4.69) is 138 Å². The molecule has 0 saturated carbocycles. The molecule has 0 fully saturated rings. The van der Waals surface area contributed by atoms with Gasteiger partial charge in [0.1, 0.15) is 22.3 Å². The van der Waals surface area contributed by atoms with Gasteiger partial charge >= 0.3 is 0 Å². The Morgan fingerprint density at radius 3 is 1.70 bits per heavy atom. The quantitative estimate of drug-likeness (QED) is 0.218. The van der Waals surface area contributed by atoms with E-state index in [9.17, 15) is 0 Å². The molecule has 2 heterocycles. The molecule has 9 rings (SSSR count). The van der Waals surface area contributed by atoms with E-state index >= 15 is 0 Å². The maximum Gasteiger partial charge on any atom is 0.147 e. The summed E-state index contributed by atoms with van der Waals surface area (Å²) in [5.74, 6) is 0. The number of benzene rings is 7. The van der Waals surface area contributed by atoms with Crippen LogP contribution in [-0.2, 0) is 0 Å². The van der Waals surface area contributed by atoms with Crippen LogP contribution in [0.15, 0.2) is 160 Å². The Balaban J connectivity index is 1.30. The molecular weight excluding hydrogens is 526 g/mol. The van der Waals surface area contributed by atoms with Gasteiger partial charge < -0.3 is 13.7 Å². The van der Waals surface area contributed by atoms with Crippen LogP contribution < -0.4 is 4.90 Å². The summed E-state index contributed by atoms with van der Waals surface area (Å²) >= 11 is 0. The average Bonchev–Trinajstić information content (AvgIpc) is 3.65. The number of rotatable bonds is 4.